The number of hydrogen-bond donors (Lipinski definition) is 2. The molecule has 1 saturated carbocycles. The lowest BCUT2D eigenvalue weighted by atomic mass is 9.89. The van der Waals surface area contributed by atoms with Crippen molar-refractivity contribution in [1.29, 1.82) is 0 Å². The minimum atomic E-state index is -0.873. The summed E-state index contributed by atoms with van der Waals surface area (Å²) in [6.07, 6.45) is 5.53. The first-order chi connectivity index (χ1) is 7.98. The van der Waals surface area contributed by atoms with E-state index in [1.807, 2.05) is 0 Å². The molecule has 0 spiro atoms. The number of hydrogen-bond acceptors (Lipinski definition) is 3. The van der Waals surface area contributed by atoms with Gasteiger partial charge in [-0.2, -0.15) is 0 Å². The van der Waals surface area contributed by atoms with E-state index >= 15 is 0 Å². The van der Waals surface area contributed by atoms with E-state index in [1.165, 1.54) is 12.8 Å². The van der Waals surface area contributed by atoms with Crippen LogP contribution in [0.5, 0.6) is 0 Å². The summed E-state index contributed by atoms with van der Waals surface area (Å²) in [6.45, 7) is 4.49. The molecule has 0 aromatic heterocycles. The Morgan fingerprint density at radius 3 is 2.47 bits per heavy atom. The fourth-order valence-electron chi connectivity index (χ4n) is 2.16. The minimum Gasteiger partial charge on any atom is -0.480 e. The molecule has 4 nitrogen and oxygen atoms in total. The van der Waals surface area contributed by atoms with Crippen molar-refractivity contribution in [3.05, 3.63) is 0 Å². The van der Waals surface area contributed by atoms with Crippen LogP contribution in [0, 0.1) is 5.92 Å². The molecule has 0 bridgehead atoms. The number of rotatable bonds is 6. The Morgan fingerprint density at radius 2 is 2.00 bits per heavy atom. The normalized spacial score (nSPS) is 28.6. The highest BCUT2D eigenvalue weighted by atomic mass is 16.5. The molecular weight excluding hydrogens is 218 g/mol. The lowest BCUT2D eigenvalue weighted by Gasteiger charge is -2.28. The molecular formula is C13H25NO3. The molecule has 0 radical (unpaired) electrons. The summed E-state index contributed by atoms with van der Waals surface area (Å²) in [5.74, 6) is -0.00249. The first kappa shape index (κ1) is 14.5. The maximum atomic E-state index is 11.1. The molecule has 2 N–H and O–H groups in total. The average Bonchev–Trinajstić information content (AvgIpc) is 2.31. The zero-order valence-corrected chi connectivity index (χ0v) is 11.2. The van der Waals surface area contributed by atoms with Crippen LogP contribution in [0.3, 0.4) is 0 Å². The van der Waals surface area contributed by atoms with Gasteiger partial charge >= 0.3 is 5.97 Å². The lowest BCUT2D eigenvalue weighted by Crippen LogP contribution is -2.48. The molecule has 100 valence electrons. The zero-order valence-electron chi connectivity index (χ0n) is 11.2. The Bertz CT molecular complexity index is 249. The average molecular weight is 243 g/mol. The Balaban J connectivity index is 2.25. The molecule has 1 unspecified atom stereocenters. The summed E-state index contributed by atoms with van der Waals surface area (Å²) in [5, 5.41) is 11.9. The molecule has 0 amide bonds. The summed E-state index contributed by atoms with van der Waals surface area (Å²) >= 11 is 0. The van der Waals surface area contributed by atoms with Crippen LogP contribution in [0.2, 0.25) is 0 Å². The number of likely N-dealkylation sites (N-methyl/N-ethyl adjacent to an activating group) is 1. The maximum Gasteiger partial charge on any atom is 0.323 e. The van der Waals surface area contributed by atoms with Crippen molar-refractivity contribution in [2.45, 2.75) is 57.6 Å². The van der Waals surface area contributed by atoms with Gasteiger partial charge in [-0.15, -0.1) is 0 Å². The maximum absolute atomic E-state index is 11.1. The summed E-state index contributed by atoms with van der Waals surface area (Å²) in [7, 11) is 1.68. The van der Waals surface area contributed by atoms with E-state index in [0.29, 0.717) is 19.1 Å². The van der Waals surface area contributed by atoms with Gasteiger partial charge in [0, 0.05) is 6.61 Å². The van der Waals surface area contributed by atoms with Crippen LogP contribution in [0.25, 0.3) is 0 Å². The van der Waals surface area contributed by atoms with Crippen molar-refractivity contribution >= 4 is 5.97 Å². The molecule has 1 atom stereocenters. The van der Waals surface area contributed by atoms with Crippen LogP contribution in [-0.4, -0.2) is 36.4 Å². The third kappa shape index (κ3) is 4.28. The first-order valence-corrected chi connectivity index (χ1v) is 6.52. The topological polar surface area (TPSA) is 58.6 Å². The number of carboxylic acids is 1. The predicted molar refractivity (Wildman–Crippen MR) is 67.1 cm³/mol. The first-order valence-electron chi connectivity index (χ1n) is 6.52. The summed E-state index contributed by atoms with van der Waals surface area (Å²) in [5.41, 5.74) is -0.873. The Labute approximate surface area is 104 Å². The van der Waals surface area contributed by atoms with Gasteiger partial charge in [-0.1, -0.05) is 6.92 Å². The Morgan fingerprint density at radius 1 is 1.41 bits per heavy atom. The molecule has 1 rings (SSSR count). The zero-order chi connectivity index (χ0) is 12.9. The van der Waals surface area contributed by atoms with Crippen LogP contribution < -0.4 is 5.32 Å². The third-order valence-electron chi connectivity index (χ3n) is 3.94. The van der Waals surface area contributed by atoms with Gasteiger partial charge in [0.15, 0.2) is 0 Å². The van der Waals surface area contributed by atoms with Crippen molar-refractivity contribution < 1.29 is 14.6 Å². The summed E-state index contributed by atoms with van der Waals surface area (Å²) in [6, 6.07) is 0. The molecule has 17 heavy (non-hydrogen) atoms. The van der Waals surface area contributed by atoms with Gasteiger partial charge in [0.1, 0.15) is 5.54 Å². The van der Waals surface area contributed by atoms with E-state index in [1.54, 1.807) is 14.0 Å². The van der Waals surface area contributed by atoms with Gasteiger partial charge in [-0.3, -0.25) is 4.79 Å². The molecule has 1 aliphatic rings. The van der Waals surface area contributed by atoms with E-state index in [2.05, 4.69) is 12.2 Å². The predicted octanol–water partition coefficient (Wildman–Crippen LogP) is 2.03. The highest BCUT2D eigenvalue weighted by Gasteiger charge is 2.31. The second-order valence-electron chi connectivity index (χ2n) is 5.39. The highest BCUT2D eigenvalue weighted by Crippen LogP contribution is 2.25. The fourth-order valence-corrected chi connectivity index (χ4v) is 2.16. The Kier molecular flexibility index (Phi) is 5.40. The van der Waals surface area contributed by atoms with Gasteiger partial charge in [-0.05, 0) is 52.0 Å². The van der Waals surface area contributed by atoms with Crippen LogP contribution in [0.1, 0.15) is 46.0 Å². The monoisotopic (exact) mass is 243 g/mol. The largest absolute Gasteiger partial charge is 0.480 e. The second-order valence-corrected chi connectivity index (χ2v) is 5.39. The molecule has 4 heteroatoms. The van der Waals surface area contributed by atoms with Gasteiger partial charge in [-0.25, -0.2) is 0 Å². The van der Waals surface area contributed by atoms with Gasteiger partial charge in [0.2, 0.25) is 0 Å². The standard InChI is InChI=1S/C13H25NO3/c1-10-4-6-11(7-5-10)17-9-8-13(2,14-3)12(15)16/h10-11,14H,4-9H2,1-3H3,(H,15,16). The quantitative estimate of drug-likeness (QED) is 0.749. The van der Waals surface area contributed by atoms with Gasteiger partial charge < -0.3 is 15.2 Å². The summed E-state index contributed by atoms with van der Waals surface area (Å²) < 4.78 is 5.78. The molecule has 0 aromatic rings. The Hall–Kier alpha value is -0.610. The van der Waals surface area contributed by atoms with Crippen molar-refractivity contribution in [3.63, 3.8) is 0 Å². The van der Waals surface area contributed by atoms with E-state index in [-0.39, 0.29) is 0 Å². The lowest BCUT2D eigenvalue weighted by molar-refractivity contribution is -0.145. The van der Waals surface area contributed by atoms with E-state index in [9.17, 15) is 4.79 Å². The number of carbonyl (C=O) groups is 1. The molecule has 0 saturated heterocycles. The third-order valence-corrected chi connectivity index (χ3v) is 3.94. The van der Waals surface area contributed by atoms with E-state index in [0.717, 1.165) is 18.8 Å². The molecule has 1 aliphatic carbocycles. The SMILES string of the molecule is CNC(C)(CCOC1CCC(C)CC1)C(=O)O. The van der Waals surface area contributed by atoms with Crippen LogP contribution in [0.15, 0.2) is 0 Å². The second kappa shape index (κ2) is 6.36. The smallest absolute Gasteiger partial charge is 0.323 e. The molecule has 1 fully saturated rings. The number of aliphatic carboxylic acids is 1. The van der Waals surface area contributed by atoms with Crippen molar-refractivity contribution in [2.24, 2.45) is 5.92 Å². The fraction of sp³-hybridized carbons (Fsp3) is 0.923. The number of nitrogens with one attached hydrogen (secondary N) is 1. The van der Waals surface area contributed by atoms with Crippen molar-refractivity contribution in [2.75, 3.05) is 13.7 Å². The van der Waals surface area contributed by atoms with Crippen LogP contribution in [-0.2, 0) is 9.53 Å². The number of ether oxygens (including phenoxy) is 1. The van der Waals surface area contributed by atoms with Crippen molar-refractivity contribution in [3.8, 4) is 0 Å². The van der Waals surface area contributed by atoms with Gasteiger partial charge in [0.05, 0.1) is 6.10 Å². The summed E-state index contributed by atoms with van der Waals surface area (Å²) in [4.78, 5) is 11.1. The van der Waals surface area contributed by atoms with Crippen LogP contribution in [0.4, 0.5) is 0 Å². The molecule has 0 heterocycles. The highest BCUT2D eigenvalue weighted by molar-refractivity contribution is 5.78. The molecule has 0 aromatic carbocycles. The number of carboxylic acid groups (broad SMARTS) is 1. The van der Waals surface area contributed by atoms with E-state index < -0.39 is 11.5 Å². The molecule has 0 aliphatic heterocycles. The van der Waals surface area contributed by atoms with E-state index in [4.69, 9.17) is 9.84 Å². The minimum absolute atomic E-state index is 0.334. The van der Waals surface area contributed by atoms with Crippen LogP contribution >= 0.6 is 0 Å². The van der Waals surface area contributed by atoms with Crippen molar-refractivity contribution in [1.82, 2.24) is 5.32 Å². The van der Waals surface area contributed by atoms with Gasteiger partial charge in [0.25, 0.3) is 0 Å².